The second-order valence-electron chi connectivity index (χ2n) is 3.38. The molecule has 0 aliphatic carbocycles. The highest BCUT2D eigenvalue weighted by molar-refractivity contribution is 5.95. The summed E-state index contributed by atoms with van der Waals surface area (Å²) in [6.45, 7) is 2.35. The molecule has 0 aliphatic rings. The van der Waals surface area contributed by atoms with Crippen molar-refractivity contribution < 1.29 is 14.3 Å². The van der Waals surface area contributed by atoms with Gasteiger partial charge in [0.15, 0.2) is 0 Å². The molecule has 1 aromatic rings. The first-order valence-electron chi connectivity index (χ1n) is 5.04. The van der Waals surface area contributed by atoms with E-state index in [1.165, 1.54) is 11.0 Å². The lowest BCUT2D eigenvalue weighted by Gasteiger charge is -2.19. The van der Waals surface area contributed by atoms with Crippen molar-refractivity contribution in [2.75, 3.05) is 25.4 Å². The molecule has 0 radical (unpaired) electrons. The Balaban J connectivity index is 2.94. The Morgan fingerprint density at radius 1 is 1.50 bits per heavy atom. The molecular formula is C11H15FN2O2. The van der Waals surface area contributed by atoms with Crippen LogP contribution in [0.4, 0.5) is 10.1 Å². The van der Waals surface area contributed by atoms with Gasteiger partial charge in [-0.1, -0.05) is 0 Å². The molecule has 0 bridgehead atoms. The van der Waals surface area contributed by atoms with Gasteiger partial charge in [0.1, 0.15) is 5.82 Å². The highest BCUT2D eigenvalue weighted by Gasteiger charge is 2.14. The molecule has 1 rings (SSSR count). The predicted molar refractivity (Wildman–Crippen MR) is 59.5 cm³/mol. The zero-order valence-electron chi connectivity index (χ0n) is 9.11. The van der Waals surface area contributed by atoms with Crippen molar-refractivity contribution in [2.24, 2.45) is 0 Å². The van der Waals surface area contributed by atoms with Crippen LogP contribution in [0.25, 0.3) is 0 Å². The molecule has 5 heteroatoms. The maximum Gasteiger partial charge on any atom is 0.254 e. The minimum Gasteiger partial charge on any atom is -0.399 e. The van der Waals surface area contributed by atoms with Crippen LogP contribution in [-0.2, 0) is 0 Å². The minimum absolute atomic E-state index is 0.121. The number of anilines is 1. The molecule has 0 spiro atoms. The second-order valence-corrected chi connectivity index (χ2v) is 3.38. The number of amides is 1. The molecule has 16 heavy (non-hydrogen) atoms. The van der Waals surface area contributed by atoms with E-state index in [0.717, 1.165) is 12.1 Å². The van der Waals surface area contributed by atoms with Crippen LogP contribution in [0.1, 0.15) is 17.3 Å². The number of benzene rings is 1. The molecule has 0 saturated carbocycles. The van der Waals surface area contributed by atoms with Gasteiger partial charge in [0.25, 0.3) is 5.91 Å². The predicted octanol–water partition coefficient (Wildman–Crippen LogP) is 0.862. The number of nitrogen functional groups attached to an aromatic ring is 1. The lowest BCUT2D eigenvalue weighted by molar-refractivity contribution is 0.0731. The first-order valence-corrected chi connectivity index (χ1v) is 5.04. The van der Waals surface area contributed by atoms with Gasteiger partial charge in [-0.3, -0.25) is 4.79 Å². The van der Waals surface area contributed by atoms with Gasteiger partial charge in [-0.2, -0.15) is 0 Å². The molecule has 0 atom stereocenters. The van der Waals surface area contributed by atoms with Crippen LogP contribution < -0.4 is 5.73 Å². The van der Waals surface area contributed by atoms with Crippen LogP contribution in [0, 0.1) is 5.82 Å². The first-order chi connectivity index (χ1) is 7.58. The van der Waals surface area contributed by atoms with E-state index in [0.29, 0.717) is 6.54 Å². The van der Waals surface area contributed by atoms with Gasteiger partial charge in [0, 0.05) is 24.3 Å². The van der Waals surface area contributed by atoms with Gasteiger partial charge in [0.05, 0.1) is 6.61 Å². The average Bonchev–Trinajstić information content (AvgIpc) is 2.23. The molecule has 0 unspecified atom stereocenters. The fourth-order valence-electron chi connectivity index (χ4n) is 1.44. The summed E-state index contributed by atoms with van der Waals surface area (Å²) in [6, 6.07) is 3.71. The van der Waals surface area contributed by atoms with E-state index in [1.54, 1.807) is 6.92 Å². The molecule has 0 fully saturated rings. The van der Waals surface area contributed by atoms with Gasteiger partial charge < -0.3 is 15.7 Å². The Bertz CT molecular complexity index is 362. The fraction of sp³-hybridized carbons (Fsp3) is 0.364. The summed E-state index contributed by atoms with van der Waals surface area (Å²) >= 11 is 0. The molecule has 88 valence electrons. The molecule has 0 heterocycles. The largest absolute Gasteiger partial charge is 0.399 e. The number of carbonyl (C=O) groups is 1. The molecule has 3 N–H and O–H groups in total. The normalized spacial score (nSPS) is 10.2. The topological polar surface area (TPSA) is 66.6 Å². The number of rotatable bonds is 4. The standard InChI is InChI=1S/C11H15FN2O2/c1-2-14(3-4-15)11(16)8-5-9(12)7-10(13)6-8/h5-7,15H,2-4,13H2,1H3. The van der Waals surface area contributed by atoms with Crippen LogP contribution in [0.2, 0.25) is 0 Å². The maximum atomic E-state index is 13.0. The van der Waals surface area contributed by atoms with Crippen LogP contribution in [0.3, 0.4) is 0 Å². The summed E-state index contributed by atoms with van der Waals surface area (Å²) in [5, 5.41) is 8.78. The van der Waals surface area contributed by atoms with E-state index in [9.17, 15) is 9.18 Å². The number of nitrogens with two attached hydrogens (primary N) is 1. The van der Waals surface area contributed by atoms with Crippen LogP contribution >= 0.6 is 0 Å². The van der Waals surface area contributed by atoms with Crippen molar-refractivity contribution in [1.29, 1.82) is 0 Å². The highest BCUT2D eigenvalue weighted by atomic mass is 19.1. The minimum atomic E-state index is -0.539. The zero-order valence-corrected chi connectivity index (χ0v) is 9.11. The van der Waals surface area contributed by atoms with E-state index in [4.69, 9.17) is 10.8 Å². The number of halogens is 1. The number of aliphatic hydroxyl groups is 1. The van der Waals surface area contributed by atoms with Gasteiger partial charge in [-0.05, 0) is 25.1 Å². The smallest absolute Gasteiger partial charge is 0.254 e. The third-order valence-electron chi connectivity index (χ3n) is 2.21. The summed E-state index contributed by atoms with van der Waals surface area (Å²) < 4.78 is 13.0. The van der Waals surface area contributed by atoms with Crippen LogP contribution in [0.15, 0.2) is 18.2 Å². The second kappa shape index (κ2) is 5.46. The number of nitrogens with zero attached hydrogens (tertiary/aromatic N) is 1. The molecular weight excluding hydrogens is 211 g/mol. The summed E-state index contributed by atoms with van der Waals surface area (Å²) in [5.41, 5.74) is 5.87. The van der Waals surface area contributed by atoms with Crippen LogP contribution in [-0.4, -0.2) is 35.6 Å². The Morgan fingerprint density at radius 3 is 2.69 bits per heavy atom. The third-order valence-corrected chi connectivity index (χ3v) is 2.21. The number of likely N-dealkylation sites (N-methyl/N-ethyl adjacent to an activating group) is 1. The van der Waals surface area contributed by atoms with E-state index in [1.807, 2.05) is 0 Å². The van der Waals surface area contributed by atoms with Gasteiger partial charge in [-0.25, -0.2) is 4.39 Å². The first kappa shape index (κ1) is 12.4. The molecule has 0 saturated heterocycles. The van der Waals surface area contributed by atoms with Gasteiger partial charge >= 0.3 is 0 Å². The summed E-state index contributed by atoms with van der Waals surface area (Å²) in [6.07, 6.45) is 0. The lowest BCUT2D eigenvalue weighted by atomic mass is 10.1. The summed E-state index contributed by atoms with van der Waals surface area (Å²) in [7, 11) is 0. The van der Waals surface area contributed by atoms with Crippen LogP contribution in [0.5, 0.6) is 0 Å². The Labute approximate surface area is 93.5 Å². The third kappa shape index (κ3) is 2.93. The highest BCUT2D eigenvalue weighted by Crippen LogP contribution is 2.12. The monoisotopic (exact) mass is 226 g/mol. The Kier molecular flexibility index (Phi) is 4.25. The van der Waals surface area contributed by atoms with Crippen molar-refractivity contribution in [3.8, 4) is 0 Å². The van der Waals surface area contributed by atoms with E-state index >= 15 is 0 Å². The summed E-state index contributed by atoms with van der Waals surface area (Å²) in [5.74, 6) is -0.869. The van der Waals surface area contributed by atoms with Crippen molar-refractivity contribution in [2.45, 2.75) is 6.92 Å². The number of hydrogen-bond donors (Lipinski definition) is 2. The molecule has 0 aromatic heterocycles. The average molecular weight is 226 g/mol. The maximum absolute atomic E-state index is 13.0. The number of carbonyl (C=O) groups excluding carboxylic acids is 1. The van der Waals surface area contributed by atoms with Gasteiger partial charge in [0.2, 0.25) is 0 Å². The van der Waals surface area contributed by atoms with Crippen molar-refractivity contribution >= 4 is 11.6 Å². The molecule has 1 aromatic carbocycles. The van der Waals surface area contributed by atoms with Crippen molar-refractivity contribution in [1.82, 2.24) is 4.90 Å². The SMILES string of the molecule is CCN(CCO)C(=O)c1cc(N)cc(F)c1. The zero-order chi connectivity index (χ0) is 12.1. The van der Waals surface area contributed by atoms with Gasteiger partial charge in [-0.15, -0.1) is 0 Å². The lowest BCUT2D eigenvalue weighted by Crippen LogP contribution is -2.33. The van der Waals surface area contributed by atoms with Crippen molar-refractivity contribution in [3.63, 3.8) is 0 Å². The Morgan fingerprint density at radius 2 is 2.19 bits per heavy atom. The Hall–Kier alpha value is -1.62. The van der Waals surface area contributed by atoms with E-state index in [2.05, 4.69) is 0 Å². The molecule has 0 aliphatic heterocycles. The summed E-state index contributed by atoms with van der Waals surface area (Å²) in [4.78, 5) is 13.3. The number of aliphatic hydroxyl groups excluding tert-OH is 1. The van der Waals surface area contributed by atoms with E-state index in [-0.39, 0.29) is 30.3 Å². The quantitative estimate of drug-likeness (QED) is 0.748. The molecule has 4 nitrogen and oxygen atoms in total. The van der Waals surface area contributed by atoms with Crippen molar-refractivity contribution in [3.05, 3.63) is 29.6 Å². The fourth-order valence-corrected chi connectivity index (χ4v) is 1.44. The molecule has 1 amide bonds. The number of hydrogen-bond acceptors (Lipinski definition) is 3. The van der Waals surface area contributed by atoms with E-state index < -0.39 is 5.82 Å².